The number of hydrogen-bond acceptors (Lipinski definition) is 2. The van der Waals surface area contributed by atoms with Crippen molar-refractivity contribution in [2.75, 3.05) is 13.1 Å². The van der Waals surface area contributed by atoms with Gasteiger partial charge in [-0.05, 0) is 37.4 Å². The molecule has 0 spiro atoms. The molecule has 1 aromatic carbocycles. The van der Waals surface area contributed by atoms with Gasteiger partial charge in [-0.2, -0.15) is 0 Å². The van der Waals surface area contributed by atoms with Gasteiger partial charge in [0, 0.05) is 19.0 Å². The highest BCUT2D eigenvalue weighted by molar-refractivity contribution is 5.80. The van der Waals surface area contributed by atoms with E-state index < -0.39 is 12.1 Å². The summed E-state index contributed by atoms with van der Waals surface area (Å²) in [5.41, 5.74) is 5.63. The van der Waals surface area contributed by atoms with Crippen molar-refractivity contribution in [2.45, 2.75) is 37.9 Å². The van der Waals surface area contributed by atoms with Gasteiger partial charge in [0.05, 0.1) is 0 Å². The molecule has 1 aliphatic heterocycles. The summed E-state index contributed by atoms with van der Waals surface area (Å²) < 4.78 is 27.1. The molecular formula is C16H21F2N2O. The predicted molar refractivity (Wildman–Crippen MR) is 77.7 cm³/mol. The second-order valence-electron chi connectivity index (χ2n) is 5.44. The topological polar surface area (TPSA) is 46.3 Å². The van der Waals surface area contributed by atoms with Gasteiger partial charge in [-0.3, -0.25) is 9.69 Å². The number of benzene rings is 1. The van der Waals surface area contributed by atoms with Gasteiger partial charge in [-0.1, -0.05) is 24.6 Å². The highest BCUT2D eigenvalue weighted by Crippen LogP contribution is 2.22. The van der Waals surface area contributed by atoms with E-state index in [1.54, 1.807) is 12.1 Å². The summed E-state index contributed by atoms with van der Waals surface area (Å²) in [4.78, 5) is 13.0. The lowest BCUT2D eigenvalue weighted by Gasteiger charge is -2.36. The maximum absolute atomic E-state index is 13.6. The van der Waals surface area contributed by atoms with Gasteiger partial charge in [-0.15, -0.1) is 0 Å². The van der Waals surface area contributed by atoms with E-state index in [0.717, 1.165) is 25.8 Å². The molecule has 1 amide bonds. The number of amides is 1. The normalized spacial score (nSPS) is 21.1. The van der Waals surface area contributed by atoms with Gasteiger partial charge in [0.2, 0.25) is 0 Å². The Morgan fingerprint density at radius 3 is 2.90 bits per heavy atom. The van der Waals surface area contributed by atoms with Crippen LogP contribution in [0, 0.1) is 12.2 Å². The predicted octanol–water partition coefficient (Wildman–Crippen LogP) is 2.25. The number of rotatable bonds is 6. The number of hydrogen-bond donors (Lipinski definition) is 1. The second kappa shape index (κ2) is 7.50. The van der Waals surface area contributed by atoms with Crippen LogP contribution in [0.2, 0.25) is 0 Å². The molecule has 0 aromatic heterocycles. The van der Waals surface area contributed by atoms with E-state index in [1.807, 2.05) is 6.07 Å². The molecule has 115 valence electrons. The number of nitrogens with two attached hydrogens (primary N) is 1. The van der Waals surface area contributed by atoms with E-state index in [2.05, 4.69) is 4.90 Å². The number of nitrogens with zero attached hydrogens (tertiary/aromatic N) is 1. The Morgan fingerprint density at radius 2 is 2.19 bits per heavy atom. The average molecular weight is 295 g/mol. The largest absolute Gasteiger partial charge is 0.367 e. The van der Waals surface area contributed by atoms with Crippen LogP contribution in [0.15, 0.2) is 24.3 Å². The molecule has 0 saturated carbocycles. The maximum atomic E-state index is 13.6. The van der Waals surface area contributed by atoms with E-state index in [1.165, 1.54) is 12.5 Å². The number of primary amides is 1. The van der Waals surface area contributed by atoms with E-state index >= 15 is 0 Å². The van der Waals surface area contributed by atoms with Crippen LogP contribution in [-0.2, 0) is 11.2 Å². The van der Waals surface area contributed by atoms with Crippen LogP contribution >= 0.6 is 0 Å². The number of alkyl halides is 1. The zero-order chi connectivity index (χ0) is 15.2. The lowest BCUT2D eigenvalue weighted by atomic mass is 9.96. The van der Waals surface area contributed by atoms with Crippen molar-refractivity contribution in [1.29, 1.82) is 0 Å². The molecule has 21 heavy (non-hydrogen) atoms. The third-order valence-corrected chi connectivity index (χ3v) is 3.95. The molecule has 1 radical (unpaired) electrons. The zero-order valence-electron chi connectivity index (χ0n) is 12.0. The Hall–Kier alpha value is -1.49. The van der Waals surface area contributed by atoms with Crippen LogP contribution in [0.5, 0.6) is 0 Å². The quantitative estimate of drug-likeness (QED) is 0.875. The standard InChI is InChI=1S/C16H21F2N2O/c17-14-7-2-1-5-12(14)8-10-20-9-4-3-6-13(20)11-15(18)16(19)21/h1-2,5,7,11,13,15H,3-4,6,8-10H2,(H2,19,21). The van der Waals surface area contributed by atoms with E-state index in [0.29, 0.717) is 18.5 Å². The number of likely N-dealkylation sites (tertiary alicyclic amines) is 1. The number of carbonyl (C=O) groups is 1. The first-order chi connectivity index (χ1) is 10.1. The Bertz CT molecular complexity index is 481. The second-order valence-corrected chi connectivity index (χ2v) is 5.44. The first kappa shape index (κ1) is 15.9. The van der Waals surface area contributed by atoms with Crippen molar-refractivity contribution in [2.24, 2.45) is 5.73 Å². The fourth-order valence-corrected chi connectivity index (χ4v) is 2.77. The molecule has 5 heteroatoms. The first-order valence-electron chi connectivity index (χ1n) is 7.34. The molecule has 1 fully saturated rings. The molecule has 3 nitrogen and oxygen atoms in total. The maximum Gasteiger partial charge on any atom is 0.252 e. The van der Waals surface area contributed by atoms with Crippen LogP contribution in [0.3, 0.4) is 0 Å². The molecule has 2 rings (SSSR count). The monoisotopic (exact) mass is 295 g/mol. The van der Waals surface area contributed by atoms with Gasteiger partial charge in [0.1, 0.15) is 5.82 Å². The van der Waals surface area contributed by atoms with Gasteiger partial charge < -0.3 is 5.73 Å². The molecule has 1 saturated heterocycles. The van der Waals surface area contributed by atoms with Crippen LogP contribution in [-0.4, -0.2) is 36.1 Å². The Kier molecular flexibility index (Phi) is 5.67. The smallest absolute Gasteiger partial charge is 0.252 e. The van der Waals surface area contributed by atoms with Gasteiger partial charge in [-0.25, -0.2) is 8.78 Å². The summed E-state index contributed by atoms with van der Waals surface area (Å²) in [5, 5.41) is 0. The van der Waals surface area contributed by atoms with Crippen molar-refractivity contribution < 1.29 is 13.6 Å². The van der Waals surface area contributed by atoms with Gasteiger partial charge in [0.15, 0.2) is 6.17 Å². The summed E-state index contributed by atoms with van der Waals surface area (Å²) in [7, 11) is 0. The Morgan fingerprint density at radius 1 is 1.43 bits per heavy atom. The fourth-order valence-electron chi connectivity index (χ4n) is 2.77. The summed E-state index contributed by atoms with van der Waals surface area (Å²) >= 11 is 0. The van der Waals surface area contributed by atoms with Gasteiger partial charge in [0.25, 0.3) is 5.91 Å². The van der Waals surface area contributed by atoms with Gasteiger partial charge >= 0.3 is 0 Å². The fraction of sp³-hybridized carbons (Fsp3) is 0.500. The van der Waals surface area contributed by atoms with Crippen LogP contribution in [0.25, 0.3) is 0 Å². The first-order valence-corrected chi connectivity index (χ1v) is 7.34. The van der Waals surface area contributed by atoms with Crippen molar-refractivity contribution in [1.82, 2.24) is 4.90 Å². The SMILES string of the molecule is NC(=O)C(F)[CH]C1CCCCN1CCc1ccccc1F. The van der Waals surface area contributed by atoms with E-state index in [4.69, 9.17) is 5.73 Å². The van der Waals surface area contributed by atoms with E-state index in [9.17, 15) is 13.6 Å². The minimum absolute atomic E-state index is 0.104. The van der Waals surface area contributed by atoms with Crippen LogP contribution < -0.4 is 5.73 Å². The lowest BCUT2D eigenvalue weighted by Crippen LogP contribution is -2.44. The number of piperidine rings is 1. The molecule has 0 aliphatic carbocycles. The molecule has 1 aliphatic rings. The molecule has 2 unspecified atom stereocenters. The summed E-state index contributed by atoms with van der Waals surface area (Å²) in [6.07, 6.45) is 3.08. The molecular weight excluding hydrogens is 274 g/mol. The highest BCUT2D eigenvalue weighted by atomic mass is 19.1. The molecule has 0 bridgehead atoms. The van der Waals surface area contributed by atoms with Crippen molar-refractivity contribution in [3.05, 3.63) is 42.1 Å². The summed E-state index contributed by atoms with van der Waals surface area (Å²) in [6, 6.07) is 6.58. The highest BCUT2D eigenvalue weighted by Gasteiger charge is 2.27. The molecule has 2 N–H and O–H groups in total. The van der Waals surface area contributed by atoms with Crippen molar-refractivity contribution in [3.8, 4) is 0 Å². The molecule has 1 heterocycles. The van der Waals surface area contributed by atoms with Crippen LogP contribution in [0.1, 0.15) is 24.8 Å². The minimum Gasteiger partial charge on any atom is -0.367 e. The number of halogens is 2. The lowest BCUT2D eigenvalue weighted by molar-refractivity contribution is -0.122. The summed E-state index contributed by atoms with van der Waals surface area (Å²) in [5.74, 6) is -1.16. The average Bonchev–Trinajstić information content (AvgIpc) is 2.47. The van der Waals surface area contributed by atoms with Crippen molar-refractivity contribution >= 4 is 5.91 Å². The van der Waals surface area contributed by atoms with E-state index in [-0.39, 0.29) is 11.9 Å². The zero-order valence-corrected chi connectivity index (χ0v) is 12.0. The molecule has 2 atom stereocenters. The minimum atomic E-state index is -1.72. The molecule has 1 aromatic rings. The third-order valence-electron chi connectivity index (χ3n) is 3.95. The van der Waals surface area contributed by atoms with Crippen molar-refractivity contribution in [3.63, 3.8) is 0 Å². The number of carbonyl (C=O) groups excluding carboxylic acids is 1. The van der Waals surface area contributed by atoms with Crippen LogP contribution in [0.4, 0.5) is 8.78 Å². The third kappa shape index (κ3) is 4.49. The Balaban J connectivity index is 1.93. The Labute approximate surface area is 124 Å². The summed E-state index contributed by atoms with van der Waals surface area (Å²) in [6.45, 7) is 1.48.